The molecule has 1 heterocycles. The fourth-order valence-corrected chi connectivity index (χ4v) is 2.19. The van der Waals surface area contributed by atoms with E-state index in [-0.39, 0.29) is 5.91 Å². The highest BCUT2D eigenvalue weighted by Crippen LogP contribution is 2.24. The fourth-order valence-electron chi connectivity index (χ4n) is 2.19. The number of fused-ring (bicyclic) bond motifs is 1. The minimum Gasteiger partial charge on any atom is -0.352 e. The van der Waals surface area contributed by atoms with E-state index in [1.807, 2.05) is 38.2 Å². The van der Waals surface area contributed by atoms with Crippen LogP contribution in [-0.2, 0) is 7.05 Å². The van der Waals surface area contributed by atoms with Crippen LogP contribution in [0.5, 0.6) is 0 Å². The third kappa shape index (κ3) is 2.13. The highest BCUT2D eigenvalue weighted by Gasteiger charge is 2.17. The van der Waals surface area contributed by atoms with Gasteiger partial charge in [-0.1, -0.05) is 32.0 Å². The zero-order chi connectivity index (χ0) is 13.3. The van der Waals surface area contributed by atoms with Crippen molar-refractivity contribution in [2.45, 2.75) is 20.8 Å². The van der Waals surface area contributed by atoms with Gasteiger partial charge >= 0.3 is 0 Å². The molecule has 3 nitrogen and oxygen atoms in total. The number of nitrogens with one attached hydrogen (secondary N) is 1. The lowest BCUT2D eigenvalue weighted by molar-refractivity contribution is 0.0950. The normalized spacial score (nSPS) is 11.2. The molecule has 2 aromatic rings. The van der Waals surface area contributed by atoms with Crippen LogP contribution in [0.15, 0.2) is 24.3 Å². The summed E-state index contributed by atoms with van der Waals surface area (Å²) in [5.41, 5.74) is 2.91. The number of hydrogen-bond donors (Lipinski definition) is 1. The Morgan fingerprint density at radius 3 is 2.67 bits per heavy atom. The molecule has 1 N–H and O–H groups in total. The molecule has 2 rings (SSSR count). The van der Waals surface area contributed by atoms with E-state index in [0.717, 1.165) is 22.2 Å². The Morgan fingerprint density at radius 2 is 2.00 bits per heavy atom. The molecule has 0 unspecified atom stereocenters. The van der Waals surface area contributed by atoms with Crippen molar-refractivity contribution in [1.29, 1.82) is 0 Å². The number of carbonyl (C=O) groups excluding carboxylic acids is 1. The molecule has 3 heteroatoms. The quantitative estimate of drug-likeness (QED) is 0.885. The van der Waals surface area contributed by atoms with E-state index in [1.54, 1.807) is 0 Å². The van der Waals surface area contributed by atoms with Crippen molar-refractivity contribution < 1.29 is 4.79 Å². The highest BCUT2D eigenvalue weighted by molar-refractivity contribution is 6.08. The van der Waals surface area contributed by atoms with Crippen LogP contribution in [0.1, 0.15) is 29.9 Å². The van der Waals surface area contributed by atoms with E-state index >= 15 is 0 Å². The minimum atomic E-state index is 0.0259. The standard InChI is InChI=1S/C15H20N2O/c1-10(2)9-16-15(18)14-11(3)17(4)13-8-6-5-7-12(13)14/h5-8,10H,9H2,1-4H3,(H,16,18). The molecule has 0 aliphatic rings. The second-order valence-corrected chi connectivity index (χ2v) is 5.14. The Balaban J connectivity index is 2.44. The Kier molecular flexibility index (Phi) is 3.41. The van der Waals surface area contributed by atoms with Gasteiger partial charge in [0.15, 0.2) is 0 Å². The smallest absolute Gasteiger partial charge is 0.253 e. The molecule has 1 aromatic heterocycles. The van der Waals surface area contributed by atoms with Gasteiger partial charge < -0.3 is 9.88 Å². The summed E-state index contributed by atoms with van der Waals surface area (Å²) in [6.45, 7) is 6.89. The summed E-state index contributed by atoms with van der Waals surface area (Å²) in [6, 6.07) is 8.02. The zero-order valence-electron chi connectivity index (χ0n) is 11.4. The van der Waals surface area contributed by atoms with Crippen molar-refractivity contribution in [1.82, 2.24) is 9.88 Å². The first-order valence-electron chi connectivity index (χ1n) is 6.34. The lowest BCUT2D eigenvalue weighted by Gasteiger charge is -2.08. The molecule has 0 saturated heterocycles. The number of aromatic nitrogens is 1. The number of benzene rings is 1. The number of aryl methyl sites for hydroxylation is 1. The predicted molar refractivity (Wildman–Crippen MR) is 74.8 cm³/mol. The van der Waals surface area contributed by atoms with Gasteiger partial charge in [-0.2, -0.15) is 0 Å². The van der Waals surface area contributed by atoms with Crippen LogP contribution in [0.2, 0.25) is 0 Å². The lowest BCUT2D eigenvalue weighted by atomic mass is 10.1. The van der Waals surface area contributed by atoms with E-state index in [4.69, 9.17) is 0 Å². The van der Waals surface area contributed by atoms with Gasteiger partial charge in [0.1, 0.15) is 0 Å². The number of amides is 1. The largest absolute Gasteiger partial charge is 0.352 e. The molecule has 0 fully saturated rings. The van der Waals surface area contributed by atoms with Crippen LogP contribution in [0.3, 0.4) is 0 Å². The highest BCUT2D eigenvalue weighted by atomic mass is 16.1. The molecule has 18 heavy (non-hydrogen) atoms. The maximum absolute atomic E-state index is 12.3. The number of carbonyl (C=O) groups is 1. The van der Waals surface area contributed by atoms with Gasteiger partial charge in [0.2, 0.25) is 0 Å². The molecule has 96 valence electrons. The third-order valence-electron chi connectivity index (χ3n) is 3.30. The summed E-state index contributed by atoms with van der Waals surface area (Å²) in [5.74, 6) is 0.488. The first-order chi connectivity index (χ1) is 8.52. The maximum Gasteiger partial charge on any atom is 0.253 e. The minimum absolute atomic E-state index is 0.0259. The van der Waals surface area contributed by atoms with Crippen molar-refractivity contribution >= 4 is 16.8 Å². The molecule has 0 bridgehead atoms. The monoisotopic (exact) mass is 244 g/mol. The zero-order valence-corrected chi connectivity index (χ0v) is 11.4. The van der Waals surface area contributed by atoms with E-state index in [1.165, 1.54) is 0 Å². The Labute approximate surface area is 108 Å². The topological polar surface area (TPSA) is 34.0 Å². The molecule has 1 aromatic carbocycles. The van der Waals surface area contributed by atoms with Crippen LogP contribution >= 0.6 is 0 Å². The summed E-state index contributed by atoms with van der Waals surface area (Å²) >= 11 is 0. The molecule has 1 amide bonds. The lowest BCUT2D eigenvalue weighted by Crippen LogP contribution is -2.27. The van der Waals surface area contributed by atoms with Crippen molar-refractivity contribution in [3.63, 3.8) is 0 Å². The number of rotatable bonds is 3. The van der Waals surface area contributed by atoms with Crippen LogP contribution in [0.4, 0.5) is 0 Å². The summed E-state index contributed by atoms with van der Waals surface area (Å²) < 4.78 is 2.07. The second kappa shape index (κ2) is 4.84. The predicted octanol–water partition coefficient (Wildman–Crippen LogP) is 2.87. The van der Waals surface area contributed by atoms with Crippen molar-refractivity contribution in [2.75, 3.05) is 6.54 Å². The molecule has 0 saturated carbocycles. The van der Waals surface area contributed by atoms with Crippen LogP contribution in [0.25, 0.3) is 10.9 Å². The summed E-state index contributed by atoms with van der Waals surface area (Å²) in [7, 11) is 2.00. The van der Waals surface area contributed by atoms with Crippen LogP contribution < -0.4 is 5.32 Å². The molecule has 0 atom stereocenters. The van der Waals surface area contributed by atoms with Crippen LogP contribution in [0, 0.1) is 12.8 Å². The average Bonchev–Trinajstić information content (AvgIpc) is 2.60. The molecular formula is C15H20N2O. The summed E-state index contributed by atoms with van der Waals surface area (Å²) in [5, 5.41) is 4.02. The van der Waals surface area contributed by atoms with Gasteiger partial charge in [0, 0.05) is 30.2 Å². The van der Waals surface area contributed by atoms with Gasteiger partial charge in [-0.3, -0.25) is 4.79 Å². The average molecular weight is 244 g/mol. The summed E-state index contributed by atoms with van der Waals surface area (Å²) in [6.07, 6.45) is 0. The fraction of sp³-hybridized carbons (Fsp3) is 0.400. The van der Waals surface area contributed by atoms with Gasteiger partial charge in [-0.25, -0.2) is 0 Å². The van der Waals surface area contributed by atoms with Gasteiger partial charge in [-0.15, -0.1) is 0 Å². The number of para-hydroxylation sites is 1. The van der Waals surface area contributed by atoms with Crippen LogP contribution in [-0.4, -0.2) is 17.0 Å². The molecular weight excluding hydrogens is 224 g/mol. The Bertz CT molecular complexity index is 581. The molecule has 0 aliphatic heterocycles. The molecule has 0 spiro atoms. The number of hydrogen-bond acceptors (Lipinski definition) is 1. The Hall–Kier alpha value is -1.77. The van der Waals surface area contributed by atoms with Gasteiger partial charge in [-0.05, 0) is 18.9 Å². The summed E-state index contributed by atoms with van der Waals surface area (Å²) in [4.78, 5) is 12.3. The van der Waals surface area contributed by atoms with E-state index in [0.29, 0.717) is 12.5 Å². The van der Waals surface area contributed by atoms with Crippen molar-refractivity contribution in [3.8, 4) is 0 Å². The van der Waals surface area contributed by atoms with Crippen molar-refractivity contribution in [2.24, 2.45) is 13.0 Å². The first kappa shape index (κ1) is 12.7. The molecule has 0 radical (unpaired) electrons. The van der Waals surface area contributed by atoms with Gasteiger partial charge in [0.05, 0.1) is 5.56 Å². The van der Waals surface area contributed by atoms with Crippen molar-refractivity contribution in [3.05, 3.63) is 35.5 Å². The van der Waals surface area contributed by atoms with E-state index < -0.39 is 0 Å². The SMILES string of the molecule is Cc1c(C(=O)NCC(C)C)c2ccccc2n1C. The maximum atomic E-state index is 12.3. The third-order valence-corrected chi connectivity index (χ3v) is 3.30. The van der Waals surface area contributed by atoms with E-state index in [9.17, 15) is 4.79 Å². The van der Waals surface area contributed by atoms with Gasteiger partial charge in [0.25, 0.3) is 5.91 Å². The number of nitrogens with zero attached hydrogens (tertiary/aromatic N) is 1. The second-order valence-electron chi connectivity index (χ2n) is 5.14. The first-order valence-corrected chi connectivity index (χ1v) is 6.34. The Morgan fingerprint density at radius 1 is 1.33 bits per heavy atom. The van der Waals surface area contributed by atoms with E-state index in [2.05, 4.69) is 23.7 Å². The molecule has 0 aliphatic carbocycles.